The van der Waals surface area contributed by atoms with Gasteiger partial charge in [-0.2, -0.15) is 18.2 Å². The van der Waals surface area contributed by atoms with Gasteiger partial charge in [-0.1, -0.05) is 41.9 Å². The first kappa shape index (κ1) is 30.8. The normalized spacial score (nSPS) is 20.9. The van der Waals surface area contributed by atoms with Gasteiger partial charge in [-0.25, -0.2) is 14.3 Å². The Bertz CT molecular complexity index is 955. The monoisotopic (exact) mass is 596 g/mol. The molecule has 4 rings (SSSR count). The van der Waals surface area contributed by atoms with Crippen LogP contribution in [0, 0.1) is 0 Å². The number of hydrogen-bond donors (Lipinski definition) is 3. The van der Waals surface area contributed by atoms with E-state index < -0.39 is 18.8 Å². The zero-order chi connectivity index (χ0) is 27.6. The van der Waals surface area contributed by atoms with E-state index in [2.05, 4.69) is 65.2 Å². The number of morpholine rings is 1. The van der Waals surface area contributed by atoms with Gasteiger partial charge in [0.25, 0.3) is 0 Å². The summed E-state index contributed by atoms with van der Waals surface area (Å²) in [5.74, 6) is -1.76. The molecule has 2 aliphatic rings. The Morgan fingerprint density at radius 1 is 1.24 bits per heavy atom. The maximum atomic E-state index is 13.3. The molecule has 3 heterocycles. The number of aromatic amines is 1. The molecule has 0 spiro atoms. The molecule has 0 saturated carbocycles. The van der Waals surface area contributed by atoms with Crippen LogP contribution in [0.2, 0.25) is 0 Å². The van der Waals surface area contributed by atoms with E-state index in [1.165, 1.54) is 5.56 Å². The van der Waals surface area contributed by atoms with Crippen LogP contribution in [-0.2, 0) is 16.0 Å². The number of nitrogens with one attached hydrogen (secondary N) is 1. The van der Waals surface area contributed by atoms with Crippen LogP contribution >= 0.6 is 15.9 Å². The number of ether oxygens (including phenoxy) is 1. The molecule has 0 radical (unpaired) electrons. The Morgan fingerprint density at radius 2 is 1.84 bits per heavy atom. The summed E-state index contributed by atoms with van der Waals surface area (Å²) < 4.78 is 51.9. The number of benzene rings is 1. The van der Waals surface area contributed by atoms with Crippen molar-refractivity contribution in [2.75, 3.05) is 43.5 Å². The molecule has 208 valence electrons. The van der Waals surface area contributed by atoms with Crippen molar-refractivity contribution in [3.05, 3.63) is 34.3 Å². The molecular formula is C23H33BrF4N6O3. The second kappa shape index (κ2) is 14.5. The summed E-state index contributed by atoms with van der Waals surface area (Å²) in [7, 11) is 0. The molecule has 0 amide bonds. The number of hydrogen-bond acceptors (Lipinski definition) is 7. The molecule has 2 unspecified atom stereocenters. The van der Waals surface area contributed by atoms with Gasteiger partial charge in [-0.3, -0.25) is 4.90 Å². The van der Waals surface area contributed by atoms with Crippen LogP contribution in [0.1, 0.15) is 32.3 Å². The number of aromatic nitrogens is 3. The molecule has 9 nitrogen and oxygen atoms in total. The molecule has 2 aromatic rings. The highest BCUT2D eigenvalue weighted by atomic mass is 79.9. The summed E-state index contributed by atoms with van der Waals surface area (Å²) in [6, 6.07) is 9.08. The van der Waals surface area contributed by atoms with Crippen molar-refractivity contribution in [2.45, 2.75) is 57.5 Å². The van der Waals surface area contributed by atoms with Gasteiger partial charge < -0.3 is 20.5 Å². The molecule has 37 heavy (non-hydrogen) atoms. The van der Waals surface area contributed by atoms with Crippen LogP contribution in [0.4, 0.5) is 29.5 Å². The lowest BCUT2D eigenvalue weighted by Crippen LogP contribution is -2.57. The fourth-order valence-electron chi connectivity index (χ4n) is 4.19. The van der Waals surface area contributed by atoms with Gasteiger partial charge in [0.05, 0.1) is 12.7 Å². The summed E-state index contributed by atoms with van der Waals surface area (Å²) in [6.45, 7) is 6.52. The molecule has 0 aliphatic carbocycles. The molecule has 0 bridgehead atoms. The van der Waals surface area contributed by atoms with Crippen LogP contribution in [0.25, 0.3) is 0 Å². The van der Waals surface area contributed by atoms with Gasteiger partial charge in [0.2, 0.25) is 11.9 Å². The van der Waals surface area contributed by atoms with Gasteiger partial charge in [0.1, 0.15) is 6.67 Å². The van der Waals surface area contributed by atoms with Crippen molar-refractivity contribution >= 4 is 33.8 Å². The standard InChI is InChI=1S/C19H26BrFN6O.C2HF3O2.C2H6/c20-14-3-1-13(2-4-14)9-16-12-28-17(10-21)11-27(16)15-5-7-26(8-6-15)19-23-18(22)24-25-19;3-2(4,5)1(6)7;1-2/h1-4,15-17H,5-12H2,(H3,22,23,24,25);(H,6,7);1-2H3. The van der Waals surface area contributed by atoms with Gasteiger partial charge in [-0.05, 0) is 37.0 Å². The Balaban J connectivity index is 0.000000465. The number of H-pyrrole nitrogens is 1. The molecule has 1 aromatic carbocycles. The second-order valence-electron chi connectivity index (χ2n) is 8.33. The highest BCUT2D eigenvalue weighted by Crippen LogP contribution is 2.27. The highest BCUT2D eigenvalue weighted by Gasteiger charge is 2.38. The molecule has 14 heteroatoms. The molecular weight excluding hydrogens is 564 g/mol. The average molecular weight is 597 g/mol. The largest absolute Gasteiger partial charge is 0.490 e. The Hall–Kier alpha value is -2.45. The predicted molar refractivity (Wildman–Crippen MR) is 135 cm³/mol. The molecule has 2 atom stereocenters. The Kier molecular flexibility index (Phi) is 12.0. The molecule has 2 saturated heterocycles. The van der Waals surface area contributed by atoms with Crippen LogP contribution in [0.15, 0.2) is 28.7 Å². The zero-order valence-corrected chi connectivity index (χ0v) is 22.3. The third kappa shape index (κ3) is 9.42. The van der Waals surface area contributed by atoms with Crippen LogP contribution in [0.3, 0.4) is 0 Å². The fraction of sp³-hybridized carbons (Fsp3) is 0.609. The number of alkyl halides is 4. The first-order chi connectivity index (χ1) is 17.6. The lowest BCUT2D eigenvalue weighted by atomic mass is 9.96. The van der Waals surface area contributed by atoms with Crippen molar-refractivity contribution < 1.29 is 32.2 Å². The van der Waals surface area contributed by atoms with Crippen molar-refractivity contribution in [3.8, 4) is 0 Å². The Morgan fingerprint density at radius 3 is 2.32 bits per heavy atom. The smallest absolute Gasteiger partial charge is 0.475 e. The quantitative estimate of drug-likeness (QED) is 0.442. The Labute approximate surface area is 221 Å². The summed E-state index contributed by atoms with van der Waals surface area (Å²) in [5.41, 5.74) is 6.92. The minimum atomic E-state index is -5.08. The summed E-state index contributed by atoms with van der Waals surface area (Å²) in [6.07, 6.45) is -2.52. The van der Waals surface area contributed by atoms with Crippen LogP contribution < -0.4 is 10.6 Å². The minimum Gasteiger partial charge on any atom is -0.475 e. The number of nitrogens with zero attached hydrogens (tertiary/aromatic N) is 4. The number of anilines is 2. The number of piperidine rings is 1. The maximum Gasteiger partial charge on any atom is 0.490 e. The van der Waals surface area contributed by atoms with Crippen molar-refractivity contribution in [1.82, 2.24) is 20.1 Å². The third-order valence-corrected chi connectivity index (χ3v) is 6.44. The van der Waals surface area contributed by atoms with Gasteiger partial charge in [0, 0.05) is 36.2 Å². The number of nitrogens with two attached hydrogens (primary N) is 1. The van der Waals surface area contributed by atoms with E-state index in [9.17, 15) is 17.6 Å². The van der Waals surface area contributed by atoms with Gasteiger partial charge in [0.15, 0.2) is 0 Å². The molecule has 2 aliphatic heterocycles. The molecule has 2 fully saturated rings. The van der Waals surface area contributed by atoms with E-state index in [0.29, 0.717) is 31.1 Å². The van der Waals surface area contributed by atoms with E-state index >= 15 is 0 Å². The van der Waals surface area contributed by atoms with Crippen molar-refractivity contribution in [1.29, 1.82) is 0 Å². The zero-order valence-electron chi connectivity index (χ0n) is 20.7. The number of aliphatic carboxylic acids is 1. The predicted octanol–water partition coefficient (Wildman–Crippen LogP) is 4.06. The van der Waals surface area contributed by atoms with Gasteiger partial charge in [-0.15, -0.1) is 5.10 Å². The number of carboxylic acid groups (broad SMARTS) is 1. The van der Waals surface area contributed by atoms with Crippen molar-refractivity contribution in [2.24, 2.45) is 0 Å². The number of nitrogen functional groups attached to an aromatic ring is 1. The number of carboxylic acids is 1. The van der Waals surface area contributed by atoms with Crippen LogP contribution in [-0.4, -0.2) is 88.4 Å². The number of carbonyl (C=O) groups is 1. The number of rotatable bonds is 5. The van der Waals surface area contributed by atoms with Crippen LogP contribution in [0.5, 0.6) is 0 Å². The summed E-state index contributed by atoms with van der Waals surface area (Å²) in [5, 5.41) is 14.0. The van der Waals surface area contributed by atoms with Gasteiger partial charge >= 0.3 is 12.1 Å². The summed E-state index contributed by atoms with van der Waals surface area (Å²) in [4.78, 5) is 17.7. The second-order valence-corrected chi connectivity index (χ2v) is 9.25. The maximum absolute atomic E-state index is 13.3. The number of halogens is 5. The average Bonchev–Trinajstić information content (AvgIpc) is 3.33. The summed E-state index contributed by atoms with van der Waals surface area (Å²) >= 11 is 3.49. The lowest BCUT2D eigenvalue weighted by molar-refractivity contribution is -0.192. The van der Waals surface area contributed by atoms with E-state index in [4.69, 9.17) is 20.4 Å². The van der Waals surface area contributed by atoms with E-state index in [-0.39, 0.29) is 12.1 Å². The first-order valence-corrected chi connectivity index (χ1v) is 12.8. The fourth-order valence-corrected chi connectivity index (χ4v) is 4.46. The lowest BCUT2D eigenvalue weighted by Gasteiger charge is -2.46. The van der Waals surface area contributed by atoms with E-state index in [1.807, 2.05) is 13.8 Å². The van der Waals surface area contributed by atoms with E-state index in [1.54, 1.807) is 0 Å². The van der Waals surface area contributed by atoms with Crippen molar-refractivity contribution in [3.63, 3.8) is 0 Å². The first-order valence-electron chi connectivity index (χ1n) is 12.0. The molecule has 1 aromatic heterocycles. The van der Waals surface area contributed by atoms with E-state index in [0.717, 1.165) is 36.8 Å². The highest BCUT2D eigenvalue weighted by molar-refractivity contribution is 9.10. The minimum absolute atomic E-state index is 0.264. The topological polar surface area (TPSA) is 121 Å². The SMILES string of the molecule is CC.Nc1nc(N2CCC(N3CC(CF)OCC3Cc3ccc(Br)cc3)CC2)n[nH]1.O=C(O)C(F)(F)F. The third-order valence-electron chi connectivity index (χ3n) is 5.91. The molecule has 4 N–H and O–H groups in total.